The zero-order valence-electron chi connectivity index (χ0n) is 14.9. The molecule has 0 spiro atoms. The topological polar surface area (TPSA) is 57.2 Å². The summed E-state index contributed by atoms with van der Waals surface area (Å²) < 4.78 is 5.64. The molecule has 0 saturated carbocycles. The molecule has 0 radical (unpaired) electrons. The first kappa shape index (κ1) is 15.9. The molecular weight excluding hydrogens is 336 g/mol. The second-order valence-corrected chi connectivity index (χ2v) is 7.13. The van der Waals surface area contributed by atoms with Gasteiger partial charge in [-0.3, -0.25) is 0 Å². The van der Waals surface area contributed by atoms with E-state index < -0.39 is 5.63 Å². The van der Waals surface area contributed by atoms with Crippen molar-refractivity contribution in [1.29, 1.82) is 5.26 Å². The number of fused-ring (bicyclic) bond motifs is 4. The SMILES string of the molecule is N#Cc1c(N2CCc3ccccc3C2)c2c(oc1=O)-c1ccccc1CC2. The Bertz CT molecular complexity index is 1150. The van der Waals surface area contributed by atoms with E-state index in [9.17, 15) is 10.1 Å². The molecule has 2 heterocycles. The van der Waals surface area contributed by atoms with Gasteiger partial charge in [-0.05, 0) is 36.0 Å². The predicted molar refractivity (Wildman–Crippen MR) is 104 cm³/mol. The Labute approximate surface area is 157 Å². The van der Waals surface area contributed by atoms with Crippen LogP contribution >= 0.6 is 0 Å². The first-order valence-corrected chi connectivity index (χ1v) is 9.26. The number of aryl methyl sites for hydroxylation is 1. The Hall–Kier alpha value is -3.32. The molecule has 132 valence electrons. The smallest absolute Gasteiger partial charge is 0.356 e. The quantitative estimate of drug-likeness (QED) is 0.666. The lowest BCUT2D eigenvalue weighted by Gasteiger charge is -2.34. The van der Waals surface area contributed by atoms with E-state index in [0.29, 0.717) is 12.3 Å². The average molecular weight is 354 g/mol. The molecule has 1 aromatic heterocycles. The van der Waals surface area contributed by atoms with Crippen molar-refractivity contribution in [3.8, 4) is 17.4 Å². The minimum absolute atomic E-state index is 0.132. The van der Waals surface area contributed by atoms with E-state index in [-0.39, 0.29) is 5.56 Å². The number of nitrogens with zero attached hydrogens (tertiary/aromatic N) is 2. The standard InChI is InChI=1S/C23H18N2O2/c24-13-20-21(25-12-11-15-5-1-2-7-17(15)14-25)19-10-9-16-6-3-4-8-18(16)22(19)27-23(20)26/h1-8H,9-12,14H2. The second kappa shape index (κ2) is 6.14. The zero-order chi connectivity index (χ0) is 18.4. The molecule has 1 aliphatic heterocycles. The number of benzene rings is 2. The highest BCUT2D eigenvalue weighted by Crippen LogP contribution is 2.40. The minimum Gasteiger partial charge on any atom is -0.421 e. The molecule has 3 aromatic rings. The van der Waals surface area contributed by atoms with E-state index in [4.69, 9.17) is 4.42 Å². The summed E-state index contributed by atoms with van der Waals surface area (Å²) in [6, 6.07) is 18.5. The van der Waals surface area contributed by atoms with Crippen LogP contribution in [-0.2, 0) is 25.8 Å². The minimum atomic E-state index is -0.540. The molecule has 27 heavy (non-hydrogen) atoms. The molecule has 0 fully saturated rings. The van der Waals surface area contributed by atoms with Gasteiger partial charge in [0.1, 0.15) is 11.8 Å². The molecule has 0 unspecified atom stereocenters. The van der Waals surface area contributed by atoms with Crippen LogP contribution in [0.2, 0.25) is 0 Å². The fourth-order valence-corrected chi connectivity index (χ4v) is 4.36. The summed E-state index contributed by atoms with van der Waals surface area (Å²) >= 11 is 0. The van der Waals surface area contributed by atoms with E-state index in [1.807, 2.05) is 24.3 Å². The molecule has 5 rings (SSSR count). The highest BCUT2D eigenvalue weighted by molar-refractivity contribution is 5.77. The Morgan fingerprint density at radius 3 is 2.48 bits per heavy atom. The van der Waals surface area contributed by atoms with Gasteiger partial charge in [-0.1, -0.05) is 48.5 Å². The van der Waals surface area contributed by atoms with Crippen molar-refractivity contribution < 1.29 is 4.42 Å². The van der Waals surface area contributed by atoms with Gasteiger partial charge in [0.05, 0.1) is 5.69 Å². The fourth-order valence-electron chi connectivity index (χ4n) is 4.36. The van der Waals surface area contributed by atoms with Gasteiger partial charge < -0.3 is 9.32 Å². The van der Waals surface area contributed by atoms with Crippen LogP contribution in [0.3, 0.4) is 0 Å². The van der Waals surface area contributed by atoms with Gasteiger partial charge in [0.15, 0.2) is 5.56 Å². The first-order valence-electron chi connectivity index (χ1n) is 9.26. The molecule has 0 saturated heterocycles. The van der Waals surface area contributed by atoms with Crippen molar-refractivity contribution in [2.75, 3.05) is 11.4 Å². The highest BCUT2D eigenvalue weighted by atomic mass is 16.4. The summed E-state index contributed by atoms with van der Waals surface area (Å²) in [6.07, 6.45) is 2.57. The lowest BCUT2D eigenvalue weighted by atomic mass is 9.87. The zero-order valence-corrected chi connectivity index (χ0v) is 14.9. The van der Waals surface area contributed by atoms with Crippen LogP contribution in [0.15, 0.2) is 57.7 Å². The highest BCUT2D eigenvalue weighted by Gasteiger charge is 2.29. The molecule has 0 bridgehead atoms. The number of hydrogen-bond donors (Lipinski definition) is 0. The largest absolute Gasteiger partial charge is 0.421 e. The number of rotatable bonds is 1. The van der Waals surface area contributed by atoms with E-state index in [0.717, 1.165) is 42.6 Å². The van der Waals surface area contributed by atoms with Crippen LogP contribution in [0, 0.1) is 11.3 Å². The van der Waals surface area contributed by atoms with Crippen molar-refractivity contribution in [2.45, 2.75) is 25.8 Å². The third-order valence-corrected chi connectivity index (χ3v) is 5.66. The molecule has 0 atom stereocenters. The Kier molecular flexibility index (Phi) is 3.61. The fraction of sp³-hybridized carbons (Fsp3) is 0.217. The molecule has 2 aromatic carbocycles. The van der Waals surface area contributed by atoms with Crippen LogP contribution in [-0.4, -0.2) is 6.54 Å². The van der Waals surface area contributed by atoms with Crippen LogP contribution < -0.4 is 10.5 Å². The summed E-state index contributed by atoms with van der Waals surface area (Å²) in [5, 5.41) is 9.69. The molecule has 4 heteroatoms. The molecule has 2 aliphatic rings. The lowest BCUT2D eigenvalue weighted by molar-refractivity contribution is 0.511. The maximum atomic E-state index is 12.6. The number of anilines is 1. The average Bonchev–Trinajstić information content (AvgIpc) is 2.72. The number of nitriles is 1. The predicted octanol–water partition coefficient (Wildman–Crippen LogP) is 3.84. The maximum absolute atomic E-state index is 12.6. The summed E-state index contributed by atoms with van der Waals surface area (Å²) in [5.74, 6) is 0.634. The third-order valence-electron chi connectivity index (χ3n) is 5.66. The Morgan fingerprint density at radius 1 is 0.926 bits per heavy atom. The lowest BCUT2D eigenvalue weighted by Crippen LogP contribution is -2.33. The van der Waals surface area contributed by atoms with Crippen LogP contribution in [0.5, 0.6) is 0 Å². The van der Waals surface area contributed by atoms with Crippen LogP contribution in [0.1, 0.15) is 27.8 Å². The van der Waals surface area contributed by atoms with Crippen LogP contribution in [0.4, 0.5) is 5.69 Å². The summed E-state index contributed by atoms with van der Waals surface area (Å²) in [5.41, 5.74) is 6.11. The van der Waals surface area contributed by atoms with E-state index >= 15 is 0 Å². The summed E-state index contributed by atoms with van der Waals surface area (Å²) in [6.45, 7) is 1.51. The van der Waals surface area contributed by atoms with Gasteiger partial charge in [-0.25, -0.2) is 4.79 Å². The number of hydrogen-bond acceptors (Lipinski definition) is 4. The normalized spacial score (nSPS) is 14.7. The van der Waals surface area contributed by atoms with Gasteiger partial charge in [-0.15, -0.1) is 0 Å². The van der Waals surface area contributed by atoms with Crippen molar-refractivity contribution in [2.24, 2.45) is 0 Å². The third kappa shape index (κ3) is 2.47. The van der Waals surface area contributed by atoms with Crippen molar-refractivity contribution in [1.82, 2.24) is 0 Å². The molecule has 0 amide bonds. The maximum Gasteiger partial charge on any atom is 0.356 e. The molecular formula is C23H18N2O2. The van der Waals surface area contributed by atoms with Gasteiger partial charge in [0.25, 0.3) is 0 Å². The monoisotopic (exact) mass is 354 g/mol. The Morgan fingerprint density at radius 2 is 1.67 bits per heavy atom. The molecule has 0 N–H and O–H groups in total. The van der Waals surface area contributed by atoms with Gasteiger partial charge in [0.2, 0.25) is 0 Å². The van der Waals surface area contributed by atoms with Crippen molar-refractivity contribution in [3.63, 3.8) is 0 Å². The molecule has 1 aliphatic carbocycles. The van der Waals surface area contributed by atoms with Gasteiger partial charge in [0, 0.05) is 24.2 Å². The van der Waals surface area contributed by atoms with E-state index in [2.05, 4.69) is 35.2 Å². The van der Waals surface area contributed by atoms with Crippen molar-refractivity contribution in [3.05, 3.63) is 86.8 Å². The van der Waals surface area contributed by atoms with E-state index in [1.165, 1.54) is 16.7 Å². The van der Waals surface area contributed by atoms with Crippen LogP contribution in [0.25, 0.3) is 11.3 Å². The van der Waals surface area contributed by atoms with Gasteiger partial charge >= 0.3 is 5.63 Å². The summed E-state index contributed by atoms with van der Waals surface area (Å²) in [7, 11) is 0. The molecule has 4 nitrogen and oxygen atoms in total. The first-order chi connectivity index (χ1) is 13.3. The van der Waals surface area contributed by atoms with Gasteiger partial charge in [-0.2, -0.15) is 5.26 Å². The van der Waals surface area contributed by atoms with Crippen molar-refractivity contribution >= 4 is 5.69 Å². The second-order valence-electron chi connectivity index (χ2n) is 7.13. The Balaban J connectivity index is 1.71. The van der Waals surface area contributed by atoms with E-state index in [1.54, 1.807) is 0 Å². The summed E-state index contributed by atoms with van der Waals surface area (Å²) in [4.78, 5) is 14.8.